The Labute approximate surface area is 111 Å². The van der Waals surface area contributed by atoms with Crippen molar-refractivity contribution >= 4 is 23.0 Å². The van der Waals surface area contributed by atoms with E-state index in [0.29, 0.717) is 11.4 Å². The fourth-order valence-electron chi connectivity index (χ4n) is 1.91. The van der Waals surface area contributed by atoms with Crippen LogP contribution in [0.4, 0.5) is 17.1 Å². The number of nitrogens with two attached hydrogens (primary N) is 1. The SMILES string of the molecule is Cc1ccc(Nc2ccc(C(=O)O)cc2N)c(C)c1. The molecule has 0 fully saturated rings. The number of carboxylic acid groups (broad SMARTS) is 1. The van der Waals surface area contributed by atoms with Crippen molar-refractivity contribution in [2.75, 3.05) is 11.1 Å². The highest BCUT2D eigenvalue weighted by molar-refractivity contribution is 5.91. The number of benzene rings is 2. The zero-order valence-corrected chi connectivity index (χ0v) is 10.9. The Hall–Kier alpha value is -2.49. The van der Waals surface area contributed by atoms with Crippen LogP contribution in [0.3, 0.4) is 0 Å². The highest BCUT2D eigenvalue weighted by Crippen LogP contribution is 2.26. The number of rotatable bonds is 3. The van der Waals surface area contributed by atoms with Gasteiger partial charge in [0.1, 0.15) is 0 Å². The molecule has 0 atom stereocenters. The molecule has 4 N–H and O–H groups in total. The molecule has 2 rings (SSSR count). The lowest BCUT2D eigenvalue weighted by atomic mass is 10.1. The molecule has 0 saturated carbocycles. The number of aromatic carboxylic acids is 1. The second-order valence-corrected chi connectivity index (χ2v) is 4.55. The van der Waals surface area contributed by atoms with Crippen LogP contribution in [0, 0.1) is 13.8 Å². The van der Waals surface area contributed by atoms with E-state index < -0.39 is 5.97 Å². The van der Waals surface area contributed by atoms with Crippen molar-refractivity contribution in [3.63, 3.8) is 0 Å². The van der Waals surface area contributed by atoms with Crippen LogP contribution in [0.2, 0.25) is 0 Å². The Balaban J connectivity index is 2.31. The lowest BCUT2D eigenvalue weighted by Gasteiger charge is -2.12. The molecule has 19 heavy (non-hydrogen) atoms. The number of carboxylic acids is 1. The summed E-state index contributed by atoms with van der Waals surface area (Å²) in [6.07, 6.45) is 0. The van der Waals surface area contributed by atoms with Gasteiger partial charge in [0.05, 0.1) is 16.9 Å². The van der Waals surface area contributed by atoms with Crippen LogP contribution in [0.1, 0.15) is 21.5 Å². The molecule has 0 saturated heterocycles. The third kappa shape index (κ3) is 2.85. The summed E-state index contributed by atoms with van der Waals surface area (Å²) in [4.78, 5) is 10.8. The number of hydrogen-bond donors (Lipinski definition) is 3. The smallest absolute Gasteiger partial charge is 0.335 e. The maximum Gasteiger partial charge on any atom is 0.335 e. The van der Waals surface area contributed by atoms with Crippen LogP contribution >= 0.6 is 0 Å². The van der Waals surface area contributed by atoms with E-state index in [-0.39, 0.29) is 5.56 Å². The van der Waals surface area contributed by atoms with Gasteiger partial charge in [0, 0.05) is 5.69 Å². The lowest BCUT2D eigenvalue weighted by molar-refractivity contribution is 0.0697. The van der Waals surface area contributed by atoms with Crippen molar-refractivity contribution in [2.24, 2.45) is 0 Å². The molecule has 0 radical (unpaired) electrons. The Morgan fingerprint density at radius 3 is 2.37 bits per heavy atom. The minimum atomic E-state index is -0.982. The third-order valence-electron chi connectivity index (χ3n) is 2.95. The fraction of sp³-hybridized carbons (Fsp3) is 0.133. The Bertz CT molecular complexity index is 636. The zero-order chi connectivity index (χ0) is 14.0. The van der Waals surface area contributed by atoms with E-state index in [0.717, 1.165) is 11.3 Å². The first-order chi connectivity index (χ1) is 8.97. The summed E-state index contributed by atoms with van der Waals surface area (Å²) >= 11 is 0. The third-order valence-corrected chi connectivity index (χ3v) is 2.95. The van der Waals surface area contributed by atoms with Gasteiger partial charge in [-0.3, -0.25) is 0 Å². The summed E-state index contributed by atoms with van der Waals surface area (Å²) < 4.78 is 0. The van der Waals surface area contributed by atoms with Crippen molar-refractivity contribution in [3.05, 3.63) is 53.1 Å². The summed E-state index contributed by atoms with van der Waals surface area (Å²) in [6, 6.07) is 10.7. The van der Waals surface area contributed by atoms with E-state index in [9.17, 15) is 4.79 Å². The van der Waals surface area contributed by atoms with Gasteiger partial charge < -0.3 is 16.2 Å². The number of aryl methyl sites for hydroxylation is 2. The van der Waals surface area contributed by atoms with Crippen molar-refractivity contribution < 1.29 is 9.90 Å². The average molecular weight is 256 g/mol. The molecule has 98 valence electrons. The van der Waals surface area contributed by atoms with Gasteiger partial charge in [-0.2, -0.15) is 0 Å². The van der Waals surface area contributed by atoms with Gasteiger partial charge in [-0.1, -0.05) is 17.7 Å². The van der Waals surface area contributed by atoms with E-state index in [4.69, 9.17) is 10.8 Å². The molecular weight excluding hydrogens is 240 g/mol. The Morgan fingerprint density at radius 1 is 1.11 bits per heavy atom. The first-order valence-electron chi connectivity index (χ1n) is 5.94. The van der Waals surface area contributed by atoms with Gasteiger partial charge in [-0.25, -0.2) is 4.79 Å². The van der Waals surface area contributed by atoms with Crippen LogP contribution in [0.15, 0.2) is 36.4 Å². The summed E-state index contributed by atoms with van der Waals surface area (Å²) in [5.74, 6) is -0.982. The van der Waals surface area contributed by atoms with Gasteiger partial charge in [-0.15, -0.1) is 0 Å². The number of nitrogens with one attached hydrogen (secondary N) is 1. The molecule has 0 aromatic heterocycles. The molecule has 0 amide bonds. The number of anilines is 3. The van der Waals surface area contributed by atoms with Gasteiger partial charge in [0.15, 0.2) is 0 Å². The topological polar surface area (TPSA) is 75.3 Å². The molecule has 0 spiro atoms. The first kappa shape index (κ1) is 13.0. The van der Waals surface area contributed by atoms with E-state index in [2.05, 4.69) is 11.4 Å². The number of nitrogen functional groups attached to an aromatic ring is 1. The van der Waals surface area contributed by atoms with E-state index in [1.54, 1.807) is 6.07 Å². The van der Waals surface area contributed by atoms with Crippen LogP contribution in [0.25, 0.3) is 0 Å². The van der Waals surface area contributed by atoms with Crippen LogP contribution in [0.5, 0.6) is 0 Å². The molecule has 2 aromatic rings. The molecule has 0 aliphatic rings. The maximum absolute atomic E-state index is 10.8. The molecule has 2 aromatic carbocycles. The van der Waals surface area contributed by atoms with Crippen molar-refractivity contribution in [3.8, 4) is 0 Å². The zero-order valence-electron chi connectivity index (χ0n) is 10.9. The van der Waals surface area contributed by atoms with Gasteiger partial charge in [0.2, 0.25) is 0 Å². The van der Waals surface area contributed by atoms with Crippen LogP contribution < -0.4 is 11.1 Å². The van der Waals surface area contributed by atoms with E-state index >= 15 is 0 Å². The Kier molecular flexibility index (Phi) is 3.42. The summed E-state index contributed by atoms with van der Waals surface area (Å²) in [6.45, 7) is 4.05. The van der Waals surface area contributed by atoms with Crippen molar-refractivity contribution in [1.29, 1.82) is 0 Å². The van der Waals surface area contributed by atoms with Gasteiger partial charge >= 0.3 is 5.97 Å². The molecule has 0 unspecified atom stereocenters. The second-order valence-electron chi connectivity index (χ2n) is 4.55. The molecule has 0 heterocycles. The fourth-order valence-corrected chi connectivity index (χ4v) is 1.91. The van der Waals surface area contributed by atoms with Gasteiger partial charge in [0.25, 0.3) is 0 Å². The standard InChI is InChI=1S/C15H16N2O2/c1-9-3-5-13(10(2)7-9)17-14-6-4-11(15(18)19)8-12(14)16/h3-8,17H,16H2,1-2H3,(H,18,19). The van der Waals surface area contributed by atoms with Crippen molar-refractivity contribution in [2.45, 2.75) is 13.8 Å². The second kappa shape index (κ2) is 5.02. The highest BCUT2D eigenvalue weighted by Gasteiger charge is 2.07. The largest absolute Gasteiger partial charge is 0.478 e. The molecule has 0 bridgehead atoms. The Morgan fingerprint density at radius 2 is 1.79 bits per heavy atom. The molecule has 4 nitrogen and oxygen atoms in total. The average Bonchev–Trinajstić information content (AvgIpc) is 2.34. The minimum absolute atomic E-state index is 0.184. The molecular formula is C15H16N2O2. The van der Waals surface area contributed by atoms with Crippen LogP contribution in [-0.4, -0.2) is 11.1 Å². The van der Waals surface area contributed by atoms with Gasteiger partial charge in [-0.05, 0) is 43.7 Å². The van der Waals surface area contributed by atoms with Crippen LogP contribution in [-0.2, 0) is 0 Å². The quantitative estimate of drug-likeness (QED) is 0.736. The molecule has 0 aliphatic heterocycles. The summed E-state index contributed by atoms with van der Waals surface area (Å²) in [5.41, 5.74) is 10.4. The monoisotopic (exact) mass is 256 g/mol. The van der Waals surface area contributed by atoms with E-state index in [1.165, 1.54) is 17.7 Å². The summed E-state index contributed by atoms with van der Waals surface area (Å²) in [7, 11) is 0. The molecule has 0 aliphatic carbocycles. The number of carbonyl (C=O) groups is 1. The lowest BCUT2D eigenvalue weighted by Crippen LogP contribution is -2.02. The van der Waals surface area contributed by atoms with Crippen molar-refractivity contribution in [1.82, 2.24) is 0 Å². The maximum atomic E-state index is 10.8. The first-order valence-corrected chi connectivity index (χ1v) is 5.94. The minimum Gasteiger partial charge on any atom is -0.478 e. The highest BCUT2D eigenvalue weighted by atomic mass is 16.4. The normalized spacial score (nSPS) is 10.2. The van der Waals surface area contributed by atoms with E-state index in [1.807, 2.05) is 26.0 Å². The molecule has 4 heteroatoms. The number of hydrogen-bond acceptors (Lipinski definition) is 3. The predicted octanol–water partition coefficient (Wildman–Crippen LogP) is 3.33. The summed E-state index contributed by atoms with van der Waals surface area (Å²) in [5, 5.41) is 12.1. The predicted molar refractivity (Wildman–Crippen MR) is 77.0 cm³/mol.